The summed E-state index contributed by atoms with van der Waals surface area (Å²) in [4.78, 5) is 21.0. The zero-order chi connectivity index (χ0) is 13.9. The number of hydrogen-bond donors (Lipinski definition) is 1. The number of nitrogens with zero attached hydrogens (tertiary/aromatic N) is 2. The summed E-state index contributed by atoms with van der Waals surface area (Å²) < 4.78 is 5.46. The topological polar surface area (TPSA) is 68.0 Å². The van der Waals surface area contributed by atoms with Gasteiger partial charge in [-0.15, -0.1) is 11.3 Å². The van der Waals surface area contributed by atoms with Gasteiger partial charge in [0.2, 0.25) is 0 Å². The summed E-state index contributed by atoms with van der Waals surface area (Å²) >= 11 is 1.40. The molecular formula is C14H11N3O2S. The van der Waals surface area contributed by atoms with E-state index in [1.54, 1.807) is 6.20 Å². The van der Waals surface area contributed by atoms with Crippen LogP contribution in [0.4, 0.5) is 5.13 Å². The molecule has 0 aliphatic heterocycles. The lowest BCUT2D eigenvalue weighted by atomic mass is 10.2. The monoisotopic (exact) mass is 285 g/mol. The fourth-order valence-electron chi connectivity index (χ4n) is 1.68. The first-order valence-corrected chi connectivity index (χ1v) is 6.79. The predicted octanol–water partition coefficient (Wildman–Crippen LogP) is 3.36. The summed E-state index contributed by atoms with van der Waals surface area (Å²) in [6.45, 7) is 1.92. The number of carbonyl (C=O) groups excluding carboxylic acids is 1. The van der Waals surface area contributed by atoms with Gasteiger partial charge >= 0.3 is 5.91 Å². The molecule has 0 unspecified atom stereocenters. The highest BCUT2D eigenvalue weighted by Gasteiger charge is 2.15. The van der Waals surface area contributed by atoms with Gasteiger partial charge in [0.15, 0.2) is 10.9 Å². The molecule has 0 spiro atoms. The number of benzene rings is 1. The molecule has 100 valence electrons. The Hall–Kier alpha value is -2.47. The number of nitrogens with one attached hydrogen (secondary N) is 1. The van der Waals surface area contributed by atoms with Gasteiger partial charge in [0.1, 0.15) is 0 Å². The van der Waals surface area contributed by atoms with Gasteiger partial charge in [-0.3, -0.25) is 10.1 Å². The number of aryl methyl sites for hydroxylation is 1. The van der Waals surface area contributed by atoms with Crippen molar-refractivity contribution >= 4 is 22.4 Å². The fourth-order valence-corrected chi connectivity index (χ4v) is 2.34. The zero-order valence-corrected chi connectivity index (χ0v) is 11.5. The number of anilines is 1. The number of thiazole rings is 1. The lowest BCUT2D eigenvalue weighted by Crippen LogP contribution is -2.11. The summed E-state index contributed by atoms with van der Waals surface area (Å²) in [5.74, 6) is 0.185. The van der Waals surface area contributed by atoms with Crippen LogP contribution in [0.2, 0.25) is 0 Å². The van der Waals surface area contributed by atoms with E-state index in [1.807, 2.05) is 37.3 Å². The molecule has 1 amide bonds. The molecule has 3 aromatic rings. The zero-order valence-electron chi connectivity index (χ0n) is 10.7. The maximum Gasteiger partial charge on any atom is 0.313 e. The van der Waals surface area contributed by atoms with Gasteiger partial charge in [-0.25, -0.2) is 9.97 Å². The highest BCUT2D eigenvalue weighted by molar-refractivity contribution is 7.15. The molecule has 0 aliphatic carbocycles. The first-order chi connectivity index (χ1) is 9.72. The second-order valence-corrected chi connectivity index (χ2v) is 5.36. The average Bonchev–Trinajstić information content (AvgIpc) is 3.09. The second-order valence-electron chi connectivity index (χ2n) is 4.13. The van der Waals surface area contributed by atoms with Crippen LogP contribution in [-0.4, -0.2) is 15.9 Å². The standard InChI is InChI=1S/C14H11N3O2S/c1-9-7-16-14(20-9)17-12(18)13-15-8-11(19-13)10-5-3-2-4-6-10/h2-8H,1H3,(H,16,17,18). The number of oxazole rings is 1. The van der Waals surface area contributed by atoms with Gasteiger partial charge in [0.25, 0.3) is 5.89 Å². The first-order valence-electron chi connectivity index (χ1n) is 5.97. The largest absolute Gasteiger partial charge is 0.432 e. The van der Waals surface area contributed by atoms with Crippen LogP contribution >= 0.6 is 11.3 Å². The molecule has 0 fully saturated rings. The molecule has 0 bridgehead atoms. The van der Waals surface area contributed by atoms with Gasteiger partial charge in [0.05, 0.1) is 6.20 Å². The predicted molar refractivity (Wildman–Crippen MR) is 76.7 cm³/mol. The quantitative estimate of drug-likeness (QED) is 0.801. The van der Waals surface area contributed by atoms with E-state index in [1.165, 1.54) is 17.5 Å². The third-order valence-electron chi connectivity index (χ3n) is 2.60. The molecule has 6 heteroatoms. The van der Waals surface area contributed by atoms with Crippen molar-refractivity contribution in [3.8, 4) is 11.3 Å². The number of carbonyl (C=O) groups is 1. The highest BCUT2D eigenvalue weighted by atomic mass is 32.1. The van der Waals surface area contributed by atoms with Crippen molar-refractivity contribution in [2.75, 3.05) is 5.32 Å². The van der Waals surface area contributed by atoms with Crippen LogP contribution in [0.1, 0.15) is 15.6 Å². The van der Waals surface area contributed by atoms with Crippen LogP contribution in [0.25, 0.3) is 11.3 Å². The smallest absolute Gasteiger partial charge is 0.313 e. The van der Waals surface area contributed by atoms with Crippen LogP contribution in [-0.2, 0) is 0 Å². The fraction of sp³-hybridized carbons (Fsp3) is 0.0714. The Balaban J connectivity index is 1.78. The molecule has 0 aliphatic rings. The average molecular weight is 285 g/mol. The SMILES string of the molecule is Cc1cnc(NC(=O)c2ncc(-c3ccccc3)o2)s1. The third-order valence-corrected chi connectivity index (χ3v) is 3.43. The van der Waals surface area contributed by atoms with Crippen LogP contribution < -0.4 is 5.32 Å². The number of amides is 1. The van der Waals surface area contributed by atoms with Crippen molar-refractivity contribution in [3.05, 3.63) is 53.5 Å². The van der Waals surface area contributed by atoms with E-state index in [0.29, 0.717) is 10.9 Å². The molecule has 0 radical (unpaired) electrons. The first kappa shape index (κ1) is 12.6. The van der Waals surface area contributed by atoms with E-state index in [9.17, 15) is 4.79 Å². The van der Waals surface area contributed by atoms with Gasteiger partial charge in [-0.1, -0.05) is 30.3 Å². The Labute approximate surface area is 119 Å². The van der Waals surface area contributed by atoms with Gasteiger partial charge < -0.3 is 4.42 Å². The van der Waals surface area contributed by atoms with Crippen LogP contribution in [0.3, 0.4) is 0 Å². The second kappa shape index (κ2) is 5.26. The molecule has 5 nitrogen and oxygen atoms in total. The van der Waals surface area contributed by atoms with Crippen LogP contribution in [0.15, 0.2) is 47.1 Å². The minimum Gasteiger partial charge on any atom is -0.432 e. The molecule has 2 heterocycles. The van der Waals surface area contributed by atoms with Crippen LogP contribution in [0, 0.1) is 6.92 Å². The Morgan fingerprint density at radius 3 is 2.70 bits per heavy atom. The van der Waals surface area contributed by atoms with E-state index in [2.05, 4.69) is 15.3 Å². The summed E-state index contributed by atoms with van der Waals surface area (Å²) in [6.07, 6.45) is 3.24. The Bertz CT molecular complexity index is 734. The minimum atomic E-state index is -0.401. The molecule has 1 aromatic carbocycles. The van der Waals surface area contributed by atoms with Gasteiger partial charge in [0, 0.05) is 16.6 Å². The van der Waals surface area contributed by atoms with Gasteiger partial charge in [-0.2, -0.15) is 0 Å². The Morgan fingerprint density at radius 2 is 2.00 bits per heavy atom. The highest BCUT2D eigenvalue weighted by Crippen LogP contribution is 2.21. The maximum atomic E-state index is 12.0. The summed E-state index contributed by atoms with van der Waals surface area (Å²) in [5.41, 5.74) is 0.879. The van der Waals surface area contributed by atoms with Crippen LogP contribution in [0.5, 0.6) is 0 Å². The van der Waals surface area contributed by atoms with Crippen molar-refractivity contribution in [2.24, 2.45) is 0 Å². The van der Waals surface area contributed by atoms with Crippen molar-refractivity contribution < 1.29 is 9.21 Å². The third kappa shape index (κ3) is 2.60. The van der Waals surface area contributed by atoms with Gasteiger partial charge in [-0.05, 0) is 6.92 Å². The lowest BCUT2D eigenvalue weighted by molar-refractivity contribution is 0.0991. The summed E-state index contributed by atoms with van der Waals surface area (Å²) in [6, 6.07) is 9.50. The molecule has 20 heavy (non-hydrogen) atoms. The summed E-state index contributed by atoms with van der Waals surface area (Å²) in [7, 11) is 0. The number of rotatable bonds is 3. The van der Waals surface area contributed by atoms with E-state index < -0.39 is 5.91 Å². The van der Waals surface area contributed by atoms with E-state index in [-0.39, 0.29) is 5.89 Å². The maximum absolute atomic E-state index is 12.0. The van der Waals surface area contributed by atoms with E-state index in [4.69, 9.17) is 4.42 Å². The lowest BCUT2D eigenvalue weighted by Gasteiger charge is -1.97. The van der Waals surface area contributed by atoms with Crippen molar-refractivity contribution in [1.29, 1.82) is 0 Å². The number of aromatic nitrogens is 2. The van der Waals surface area contributed by atoms with Crippen molar-refractivity contribution in [1.82, 2.24) is 9.97 Å². The van der Waals surface area contributed by atoms with E-state index >= 15 is 0 Å². The Kier molecular flexibility index (Phi) is 3.30. The normalized spacial score (nSPS) is 10.4. The minimum absolute atomic E-state index is 0.0247. The number of hydrogen-bond acceptors (Lipinski definition) is 5. The molecule has 0 saturated heterocycles. The molecule has 0 saturated carbocycles. The summed E-state index contributed by atoms with van der Waals surface area (Å²) in [5, 5.41) is 3.19. The molecular weight excluding hydrogens is 274 g/mol. The molecule has 2 aromatic heterocycles. The molecule has 3 rings (SSSR count). The van der Waals surface area contributed by atoms with Crippen molar-refractivity contribution in [2.45, 2.75) is 6.92 Å². The van der Waals surface area contributed by atoms with Crippen molar-refractivity contribution in [3.63, 3.8) is 0 Å². The Morgan fingerprint density at radius 1 is 1.20 bits per heavy atom. The molecule has 0 atom stereocenters. The van der Waals surface area contributed by atoms with E-state index in [0.717, 1.165) is 10.4 Å². The molecule has 1 N–H and O–H groups in total.